The molecule has 250 valence electrons. The molecule has 0 unspecified atom stereocenters. The number of nitrogens with zero attached hydrogens (tertiary/aromatic N) is 4. The van der Waals surface area contributed by atoms with Crippen LogP contribution in [0.4, 0.5) is 17.1 Å². The summed E-state index contributed by atoms with van der Waals surface area (Å²) in [4.78, 5) is 13.0. The summed E-state index contributed by atoms with van der Waals surface area (Å²) in [6.07, 6.45) is 0. The lowest BCUT2D eigenvalue weighted by Crippen LogP contribution is -2.20. The minimum Gasteiger partial charge on any atom is -0.453 e. The van der Waals surface area contributed by atoms with Gasteiger partial charge in [0, 0.05) is 27.8 Å². The maximum atomic E-state index is 6.89. The van der Waals surface area contributed by atoms with Gasteiger partial charge in [0.05, 0.1) is 39.0 Å². The number of fused-ring (bicyclic) bond motifs is 12. The summed E-state index contributed by atoms with van der Waals surface area (Å²) >= 11 is 0. The maximum Gasteiger partial charge on any atom is 0.235 e. The zero-order valence-electron chi connectivity index (χ0n) is 29.0. The van der Waals surface area contributed by atoms with E-state index in [9.17, 15) is 0 Å². The monoisotopic (exact) mass is 682 g/mol. The Balaban J connectivity index is 1.14. The third-order valence-corrected chi connectivity index (χ3v) is 11.4. The SMILES string of the molecule is CC1(C)c2ccccc2-c2ccc(-c3nc(-n4c5ccccc5c5c6c7c(cc54)Oc4ccccc4N7c4ccccc4O6)nc4ccccc34)cc21. The van der Waals surface area contributed by atoms with Gasteiger partial charge in [-0.1, -0.05) is 111 Å². The van der Waals surface area contributed by atoms with Gasteiger partial charge in [-0.15, -0.1) is 0 Å². The Morgan fingerprint density at radius 2 is 1.23 bits per heavy atom. The van der Waals surface area contributed by atoms with E-state index in [-0.39, 0.29) is 5.41 Å². The smallest absolute Gasteiger partial charge is 0.235 e. The summed E-state index contributed by atoms with van der Waals surface area (Å²) in [7, 11) is 0. The van der Waals surface area contributed by atoms with Crippen LogP contribution in [0.2, 0.25) is 0 Å². The molecular formula is C47H30N4O2. The summed E-state index contributed by atoms with van der Waals surface area (Å²) in [5.41, 5.74) is 12.7. The molecule has 0 amide bonds. The average molecular weight is 683 g/mol. The summed E-state index contributed by atoms with van der Waals surface area (Å²) in [5, 5.41) is 3.04. The van der Waals surface area contributed by atoms with E-state index >= 15 is 0 Å². The van der Waals surface area contributed by atoms with Gasteiger partial charge in [-0.3, -0.25) is 9.47 Å². The van der Waals surface area contributed by atoms with E-state index in [1.165, 1.54) is 22.3 Å². The van der Waals surface area contributed by atoms with Crippen molar-refractivity contribution in [3.05, 3.63) is 157 Å². The van der Waals surface area contributed by atoms with Crippen molar-refractivity contribution >= 4 is 49.8 Å². The molecule has 2 aliphatic heterocycles. The first-order chi connectivity index (χ1) is 26.0. The first kappa shape index (κ1) is 28.7. The van der Waals surface area contributed by atoms with Crippen molar-refractivity contribution in [1.29, 1.82) is 0 Å². The van der Waals surface area contributed by atoms with Gasteiger partial charge >= 0.3 is 0 Å². The van der Waals surface area contributed by atoms with Crippen LogP contribution in [0.1, 0.15) is 25.0 Å². The molecule has 0 saturated heterocycles. The number of hydrogen-bond donors (Lipinski definition) is 0. The van der Waals surface area contributed by atoms with Crippen molar-refractivity contribution in [3.8, 4) is 51.3 Å². The van der Waals surface area contributed by atoms with E-state index in [0.29, 0.717) is 11.7 Å². The minimum absolute atomic E-state index is 0.133. The van der Waals surface area contributed by atoms with E-state index in [4.69, 9.17) is 19.4 Å². The number of ether oxygens (including phenoxy) is 2. The average Bonchev–Trinajstić information content (AvgIpc) is 3.65. The van der Waals surface area contributed by atoms with Crippen LogP contribution >= 0.6 is 0 Å². The van der Waals surface area contributed by atoms with Gasteiger partial charge in [0.15, 0.2) is 23.0 Å². The van der Waals surface area contributed by atoms with Crippen LogP contribution in [0, 0.1) is 0 Å². The minimum atomic E-state index is -0.133. The van der Waals surface area contributed by atoms with E-state index in [0.717, 1.165) is 78.3 Å². The van der Waals surface area contributed by atoms with E-state index in [1.807, 2.05) is 42.5 Å². The Labute approximate surface area is 305 Å². The molecular weight excluding hydrogens is 653 g/mol. The van der Waals surface area contributed by atoms with Gasteiger partial charge in [-0.05, 0) is 64.7 Å². The molecule has 0 N–H and O–H groups in total. The Morgan fingerprint density at radius 3 is 2.08 bits per heavy atom. The number of benzene rings is 7. The Morgan fingerprint density at radius 1 is 0.547 bits per heavy atom. The van der Waals surface area contributed by atoms with Crippen LogP contribution in [0.5, 0.6) is 23.0 Å². The van der Waals surface area contributed by atoms with Crippen molar-refractivity contribution in [3.63, 3.8) is 0 Å². The third kappa shape index (κ3) is 3.76. The van der Waals surface area contributed by atoms with Gasteiger partial charge in [0.25, 0.3) is 0 Å². The lowest BCUT2D eigenvalue weighted by Gasteiger charge is -2.38. The molecule has 6 heteroatoms. The van der Waals surface area contributed by atoms with Gasteiger partial charge in [0.1, 0.15) is 5.69 Å². The molecule has 0 spiro atoms. The van der Waals surface area contributed by atoms with Crippen molar-refractivity contribution in [1.82, 2.24) is 14.5 Å². The van der Waals surface area contributed by atoms with Crippen LogP contribution in [-0.4, -0.2) is 14.5 Å². The molecule has 0 atom stereocenters. The number of para-hydroxylation sites is 6. The van der Waals surface area contributed by atoms with Gasteiger partial charge in [-0.2, -0.15) is 0 Å². The van der Waals surface area contributed by atoms with E-state index < -0.39 is 0 Å². The molecule has 7 aromatic carbocycles. The molecule has 4 heterocycles. The van der Waals surface area contributed by atoms with Crippen LogP contribution in [0.15, 0.2) is 146 Å². The molecule has 6 nitrogen and oxygen atoms in total. The maximum absolute atomic E-state index is 6.89. The van der Waals surface area contributed by atoms with Crippen molar-refractivity contribution in [2.24, 2.45) is 0 Å². The van der Waals surface area contributed by atoms with Gasteiger partial charge in [0.2, 0.25) is 5.95 Å². The number of anilines is 3. The largest absolute Gasteiger partial charge is 0.453 e. The highest BCUT2D eigenvalue weighted by Gasteiger charge is 2.38. The van der Waals surface area contributed by atoms with Crippen molar-refractivity contribution in [2.45, 2.75) is 19.3 Å². The standard InChI is InChI=1S/C47H30N4O2/c1-47(2)32-16-6-3-13-28(32)29-24-23-27(25-33(29)47)43-30-14-4-7-17-34(30)48-46(49-43)51-35-18-8-5-15-31(35)42-38(51)26-41-44-45(42)53-40-22-12-10-20-37(40)50(44)36-19-9-11-21-39(36)52-41/h3-26H,1-2H3. The second-order valence-corrected chi connectivity index (χ2v) is 14.6. The second-order valence-electron chi connectivity index (χ2n) is 14.6. The number of aromatic nitrogens is 3. The van der Waals surface area contributed by atoms with Gasteiger partial charge in [-0.25, -0.2) is 9.97 Å². The zero-order chi connectivity index (χ0) is 35.0. The van der Waals surface area contributed by atoms with Crippen LogP contribution in [-0.2, 0) is 5.41 Å². The highest BCUT2D eigenvalue weighted by atomic mass is 16.5. The van der Waals surface area contributed by atoms with Gasteiger partial charge < -0.3 is 9.47 Å². The molecule has 0 fully saturated rings. The second kappa shape index (κ2) is 10.1. The molecule has 12 rings (SSSR count). The molecule has 53 heavy (non-hydrogen) atoms. The normalized spacial score (nSPS) is 14.3. The van der Waals surface area contributed by atoms with Crippen LogP contribution < -0.4 is 14.4 Å². The lowest BCUT2D eigenvalue weighted by molar-refractivity contribution is 0.450. The first-order valence-electron chi connectivity index (χ1n) is 18.0. The summed E-state index contributed by atoms with van der Waals surface area (Å²) in [6.45, 7) is 4.64. The van der Waals surface area contributed by atoms with Crippen LogP contribution in [0.25, 0.3) is 61.0 Å². The van der Waals surface area contributed by atoms with E-state index in [2.05, 4.69) is 126 Å². The molecule has 0 saturated carbocycles. The number of hydrogen-bond acceptors (Lipinski definition) is 5. The highest BCUT2D eigenvalue weighted by Crippen LogP contribution is 2.62. The summed E-state index contributed by atoms with van der Waals surface area (Å²) in [6, 6.07) is 50.8. The Kier molecular flexibility index (Phi) is 5.48. The fourth-order valence-electron chi connectivity index (χ4n) is 8.95. The molecule has 0 bridgehead atoms. The zero-order valence-corrected chi connectivity index (χ0v) is 29.0. The summed E-state index contributed by atoms with van der Waals surface area (Å²) in [5.74, 6) is 3.63. The van der Waals surface area contributed by atoms with Crippen molar-refractivity contribution < 1.29 is 9.47 Å². The molecule has 9 aromatic rings. The molecule has 0 radical (unpaired) electrons. The lowest BCUT2D eigenvalue weighted by atomic mass is 9.82. The first-order valence-corrected chi connectivity index (χ1v) is 18.0. The third-order valence-electron chi connectivity index (χ3n) is 11.4. The predicted molar refractivity (Wildman–Crippen MR) is 212 cm³/mol. The number of rotatable bonds is 2. The molecule has 2 aromatic heterocycles. The Hall–Kier alpha value is -6.92. The quantitative estimate of drug-likeness (QED) is 0.182. The van der Waals surface area contributed by atoms with E-state index in [1.54, 1.807) is 0 Å². The Bertz CT molecular complexity index is 3060. The molecule has 3 aliphatic rings. The topological polar surface area (TPSA) is 52.4 Å². The summed E-state index contributed by atoms with van der Waals surface area (Å²) < 4.78 is 15.8. The fraction of sp³-hybridized carbons (Fsp3) is 0.0638. The van der Waals surface area contributed by atoms with Crippen molar-refractivity contribution in [2.75, 3.05) is 4.90 Å². The van der Waals surface area contributed by atoms with Crippen LogP contribution in [0.3, 0.4) is 0 Å². The molecule has 1 aliphatic carbocycles. The fourth-order valence-corrected chi connectivity index (χ4v) is 8.95. The highest BCUT2D eigenvalue weighted by molar-refractivity contribution is 6.17. The predicted octanol–water partition coefficient (Wildman–Crippen LogP) is 12.4.